The molecule has 0 spiro atoms. The highest BCUT2D eigenvalue weighted by molar-refractivity contribution is 5.71. The molecule has 0 amide bonds. The maximum Gasteiger partial charge on any atom is 0.306 e. The Morgan fingerprint density at radius 3 is 0.969 bits per heavy atom. The molecular formula is C58H96O6. The second-order valence-electron chi connectivity index (χ2n) is 17.0. The van der Waals surface area contributed by atoms with Gasteiger partial charge in [-0.2, -0.15) is 0 Å². The Morgan fingerprint density at radius 1 is 0.328 bits per heavy atom. The number of carbonyl (C=O) groups is 3. The highest BCUT2D eigenvalue weighted by atomic mass is 16.6. The molecular weight excluding hydrogens is 793 g/mol. The molecule has 0 N–H and O–H groups in total. The Morgan fingerprint density at radius 2 is 0.609 bits per heavy atom. The molecule has 0 saturated heterocycles. The minimum Gasteiger partial charge on any atom is -0.462 e. The molecule has 0 aliphatic heterocycles. The molecule has 6 heteroatoms. The number of esters is 3. The van der Waals surface area contributed by atoms with E-state index in [1.54, 1.807) is 0 Å². The van der Waals surface area contributed by atoms with E-state index in [9.17, 15) is 14.4 Å². The van der Waals surface area contributed by atoms with Gasteiger partial charge in [-0.25, -0.2) is 0 Å². The van der Waals surface area contributed by atoms with Gasteiger partial charge in [0.25, 0.3) is 0 Å². The highest BCUT2D eigenvalue weighted by Gasteiger charge is 2.19. The van der Waals surface area contributed by atoms with Crippen LogP contribution in [0.4, 0.5) is 0 Å². The van der Waals surface area contributed by atoms with Crippen molar-refractivity contribution in [2.75, 3.05) is 13.2 Å². The lowest BCUT2D eigenvalue weighted by molar-refractivity contribution is -0.167. The molecule has 0 aliphatic carbocycles. The van der Waals surface area contributed by atoms with Crippen LogP contribution in [0.15, 0.2) is 97.2 Å². The smallest absolute Gasteiger partial charge is 0.306 e. The minimum atomic E-state index is -0.795. The maximum absolute atomic E-state index is 12.8. The molecule has 1 atom stereocenters. The fourth-order valence-corrected chi connectivity index (χ4v) is 6.95. The van der Waals surface area contributed by atoms with Crippen LogP contribution in [0.5, 0.6) is 0 Å². The monoisotopic (exact) mass is 889 g/mol. The van der Waals surface area contributed by atoms with Gasteiger partial charge in [0.15, 0.2) is 6.10 Å². The van der Waals surface area contributed by atoms with Crippen LogP contribution in [-0.4, -0.2) is 37.2 Å². The van der Waals surface area contributed by atoms with Crippen LogP contribution in [0, 0.1) is 0 Å². The summed E-state index contributed by atoms with van der Waals surface area (Å²) < 4.78 is 16.7. The molecule has 0 aromatic rings. The molecule has 6 nitrogen and oxygen atoms in total. The number of hydrogen-bond acceptors (Lipinski definition) is 6. The van der Waals surface area contributed by atoms with Crippen molar-refractivity contribution in [2.24, 2.45) is 0 Å². The van der Waals surface area contributed by atoms with Crippen LogP contribution in [-0.2, 0) is 28.6 Å². The third kappa shape index (κ3) is 49.3. The molecule has 0 saturated carbocycles. The highest BCUT2D eigenvalue weighted by Crippen LogP contribution is 2.14. The van der Waals surface area contributed by atoms with Crippen LogP contribution in [0.25, 0.3) is 0 Å². The van der Waals surface area contributed by atoms with Gasteiger partial charge in [0.2, 0.25) is 0 Å². The summed E-state index contributed by atoms with van der Waals surface area (Å²) in [5, 5.41) is 0. The van der Waals surface area contributed by atoms with Crippen molar-refractivity contribution in [3.05, 3.63) is 97.2 Å². The van der Waals surface area contributed by atoms with E-state index in [1.807, 2.05) is 0 Å². The van der Waals surface area contributed by atoms with Gasteiger partial charge >= 0.3 is 17.9 Å². The number of hydrogen-bond donors (Lipinski definition) is 0. The third-order valence-corrected chi connectivity index (χ3v) is 10.8. The van der Waals surface area contributed by atoms with Crippen LogP contribution in [0.1, 0.15) is 233 Å². The number of rotatable bonds is 46. The van der Waals surface area contributed by atoms with E-state index in [4.69, 9.17) is 14.2 Å². The second kappa shape index (κ2) is 52.0. The first-order valence-electron chi connectivity index (χ1n) is 26.2. The predicted octanol–water partition coefficient (Wildman–Crippen LogP) is 17.4. The average molecular weight is 889 g/mol. The Bertz CT molecular complexity index is 1300. The van der Waals surface area contributed by atoms with Crippen molar-refractivity contribution < 1.29 is 28.6 Å². The second-order valence-corrected chi connectivity index (χ2v) is 17.0. The molecule has 0 aromatic carbocycles. The van der Waals surface area contributed by atoms with E-state index in [0.717, 1.165) is 122 Å². The summed E-state index contributed by atoms with van der Waals surface area (Å²) >= 11 is 0. The SMILES string of the molecule is CC/C=C\C/C=C\C/C=C\C/C=C\C/C=C\CCCCCCCCCC(=O)OCC(COC(=O)CCCCCCCCCCCC)OC(=O)CCCCC/C=C\C/C=C\C/C=C\CC. The standard InChI is InChI=1S/C58H96O6/c1-4-7-10-13-16-19-22-24-25-26-27-28-29-30-31-32-33-35-36-39-42-45-48-51-57(60)63-54-55(53-62-56(59)50-47-44-41-38-21-18-15-12-9-6-3)64-58(61)52-49-46-43-40-37-34-23-20-17-14-11-8-5-2/h7-8,10-11,16-17,19-20,24-25,27-28,30-31,34,37,55H,4-6,9,12-15,18,21-23,26,29,32-33,35-36,38-54H2,1-3H3/b10-7-,11-8-,19-16-,20-17-,25-24-,28-27-,31-30-,37-34-. The number of unbranched alkanes of at least 4 members (excludes halogenated alkanes) is 19. The topological polar surface area (TPSA) is 78.9 Å². The first-order valence-corrected chi connectivity index (χ1v) is 26.2. The molecule has 0 radical (unpaired) electrons. The maximum atomic E-state index is 12.8. The van der Waals surface area contributed by atoms with E-state index < -0.39 is 6.10 Å². The fraction of sp³-hybridized carbons (Fsp3) is 0.672. The zero-order valence-electron chi connectivity index (χ0n) is 41.5. The summed E-state index contributed by atoms with van der Waals surface area (Å²) in [6.45, 7) is 6.35. The van der Waals surface area contributed by atoms with E-state index in [1.165, 1.54) is 70.6 Å². The van der Waals surface area contributed by atoms with Crippen molar-refractivity contribution >= 4 is 17.9 Å². The number of carbonyl (C=O) groups excluding carboxylic acids is 3. The van der Waals surface area contributed by atoms with Crippen LogP contribution in [0.3, 0.4) is 0 Å². The minimum absolute atomic E-state index is 0.0924. The third-order valence-electron chi connectivity index (χ3n) is 10.8. The van der Waals surface area contributed by atoms with Crippen molar-refractivity contribution in [3.63, 3.8) is 0 Å². The molecule has 0 aliphatic rings. The lowest BCUT2D eigenvalue weighted by Gasteiger charge is -2.18. The number of allylic oxidation sites excluding steroid dienone is 16. The summed E-state index contributed by atoms with van der Waals surface area (Å²) in [5.41, 5.74) is 0. The molecule has 364 valence electrons. The lowest BCUT2D eigenvalue weighted by atomic mass is 10.1. The van der Waals surface area contributed by atoms with Crippen molar-refractivity contribution in [1.82, 2.24) is 0 Å². The van der Waals surface area contributed by atoms with E-state index in [-0.39, 0.29) is 37.5 Å². The molecule has 0 aromatic heterocycles. The van der Waals surface area contributed by atoms with Gasteiger partial charge in [0.1, 0.15) is 13.2 Å². The Kier molecular flexibility index (Phi) is 49.0. The summed E-state index contributed by atoms with van der Waals surface area (Å²) in [7, 11) is 0. The normalized spacial score (nSPS) is 12.9. The van der Waals surface area contributed by atoms with Crippen LogP contribution < -0.4 is 0 Å². The van der Waals surface area contributed by atoms with Crippen molar-refractivity contribution in [1.29, 1.82) is 0 Å². The van der Waals surface area contributed by atoms with E-state index in [0.29, 0.717) is 12.8 Å². The van der Waals surface area contributed by atoms with Gasteiger partial charge in [-0.3, -0.25) is 14.4 Å². The quantitative estimate of drug-likeness (QED) is 0.0262. The Hall–Kier alpha value is -3.67. The molecule has 0 fully saturated rings. The fourth-order valence-electron chi connectivity index (χ4n) is 6.95. The summed E-state index contributed by atoms with van der Waals surface area (Å²) in [6, 6.07) is 0. The van der Waals surface area contributed by atoms with Crippen molar-refractivity contribution in [2.45, 2.75) is 239 Å². The van der Waals surface area contributed by atoms with Gasteiger partial charge in [0.05, 0.1) is 0 Å². The Balaban J connectivity index is 4.34. The summed E-state index contributed by atoms with van der Waals surface area (Å²) in [6.07, 6.45) is 68.3. The summed E-state index contributed by atoms with van der Waals surface area (Å²) in [4.78, 5) is 37.9. The first-order chi connectivity index (χ1) is 31.5. The van der Waals surface area contributed by atoms with E-state index in [2.05, 4.69) is 118 Å². The zero-order valence-corrected chi connectivity index (χ0v) is 41.5. The molecule has 0 heterocycles. The first kappa shape index (κ1) is 60.3. The van der Waals surface area contributed by atoms with Gasteiger partial charge < -0.3 is 14.2 Å². The van der Waals surface area contributed by atoms with Crippen molar-refractivity contribution in [3.8, 4) is 0 Å². The zero-order chi connectivity index (χ0) is 46.5. The largest absolute Gasteiger partial charge is 0.462 e. The van der Waals surface area contributed by atoms with Gasteiger partial charge in [-0.1, -0.05) is 214 Å². The molecule has 1 unspecified atom stereocenters. The lowest BCUT2D eigenvalue weighted by Crippen LogP contribution is -2.30. The Labute approximate surface area is 394 Å². The van der Waals surface area contributed by atoms with Gasteiger partial charge in [0, 0.05) is 19.3 Å². The van der Waals surface area contributed by atoms with E-state index >= 15 is 0 Å². The van der Waals surface area contributed by atoms with Gasteiger partial charge in [-0.05, 0) is 96.3 Å². The number of ether oxygens (including phenoxy) is 3. The molecule has 0 rings (SSSR count). The van der Waals surface area contributed by atoms with Crippen LogP contribution >= 0.6 is 0 Å². The molecule has 0 bridgehead atoms. The predicted molar refractivity (Wildman–Crippen MR) is 274 cm³/mol. The molecule has 64 heavy (non-hydrogen) atoms. The van der Waals surface area contributed by atoms with Gasteiger partial charge in [-0.15, -0.1) is 0 Å². The van der Waals surface area contributed by atoms with Crippen LogP contribution in [0.2, 0.25) is 0 Å². The average Bonchev–Trinajstić information content (AvgIpc) is 3.29. The summed E-state index contributed by atoms with van der Waals surface area (Å²) in [5.74, 6) is -0.938.